The van der Waals surface area contributed by atoms with Gasteiger partial charge in [0.05, 0.1) is 38.0 Å². The first kappa shape index (κ1) is 20.9. The summed E-state index contributed by atoms with van der Waals surface area (Å²) in [5, 5.41) is 0.265. The van der Waals surface area contributed by atoms with E-state index >= 15 is 0 Å². The Hall–Kier alpha value is -1.81. The van der Waals surface area contributed by atoms with Crippen LogP contribution >= 0.6 is 23.2 Å². The second-order valence-electron chi connectivity index (χ2n) is 6.43. The topological polar surface area (TPSA) is 101 Å². The maximum atomic E-state index is 12.8. The Balaban J connectivity index is 2.00. The van der Waals surface area contributed by atoms with E-state index in [0.29, 0.717) is 0 Å². The summed E-state index contributed by atoms with van der Waals surface area (Å²) in [5.74, 6) is -1.48. The van der Waals surface area contributed by atoms with Gasteiger partial charge in [0, 0.05) is 0 Å². The number of halogens is 2. The first-order valence-electron chi connectivity index (χ1n) is 8.08. The summed E-state index contributed by atoms with van der Waals surface area (Å²) >= 11 is 12.0. The van der Waals surface area contributed by atoms with Gasteiger partial charge >= 0.3 is 0 Å². The van der Waals surface area contributed by atoms with Crippen molar-refractivity contribution in [2.75, 3.05) is 14.8 Å². The molecule has 0 saturated carbocycles. The summed E-state index contributed by atoms with van der Waals surface area (Å²) in [6.07, 6.45) is 0. The SMILES string of the molecule is Cc1cc(N2C(=O)C(C)CS2(=O)=O)ccc1S(=O)(=O)Nc1c(Cl)cccc1Cl. The quantitative estimate of drug-likeness (QED) is 0.749. The Labute approximate surface area is 173 Å². The molecule has 1 heterocycles. The van der Waals surface area contributed by atoms with Gasteiger partial charge in [-0.2, -0.15) is 0 Å². The summed E-state index contributed by atoms with van der Waals surface area (Å²) < 4.78 is 53.1. The molecule has 0 aromatic heterocycles. The zero-order chi connectivity index (χ0) is 20.9. The van der Waals surface area contributed by atoms with Crippen LogP contribution < -0.4 is 9.03 Å². The fraction of sp³-hybridized carbons (Fsp3) is 0.235. The van der Waals surface area contributed by atoms with Crippen LogP contribution in [0.2, 0.25) is 10.0 Å². The highest BCUT2D eigenvalue weighted by Crippen LogP contribution is 2.34. The van der Waals surface area contributed by atoms with Crippen LogP contribution in [0, 0.1) is 12.8 Å². The van der Waals surface area contributed by atoms with Crippen molar-refractivity contribution in [2.24, 2.45) is 5.92 Å². The summed E-state index contributed by atoms with van der Waals surface area (Å²) in [7, 11) is -7.83. The normalized spacial score (nSPS) is 19.1. The predicted octanol–water partition coefficient (Wildman–Crippen LogP) is 3.42. The molecule has 1 aliphatic rings. The van der Waals surface area contributed by atoms with Gasteiger partial charge in [-0.1, -0.05) is 36.2 Å². The number of carbonyl (C=O) groups excluding carboxylic acids is 1. The van der Waals surface area contributed by atoms with Crippen molar-refractivity contribution >= 4 is 60.5 Å². The first-order valence-corrected chi connectivity index (χ1v) is 11.9. The molecule has 1 unspecified atom stereocenters. The Morgan fingerprint density at radius 3 is 2.25 bits per heavy atom. The molecule has 1 amide bonds. The highest BCUT2D eigenvalue weighted by Gasteiger charge is 2.42. The number of anilines is 2. The molecule has 11 heteroatoms. The van der Waals surface area contributed by atoms with E-state index in [0.717, 1.165) is 4.31 Å². The lowest BCUT2D eigenvalue weighted by Crippen LogP contribution is -2.30. The molecule has 1 aliphatic heterocycles. The minimum absolute atomic E-state index is 0.0421. The highest BCUT2D eigenvalue weighted by atomic mass is 35.5. The van der Waals surface area contributed by atoms with Crippen LogP contribution in [0.15, 0.2) is 41.3 Å². The van der Waals surface area contributed by atoms with Gasteiger partial charge in [-0.05, 0) is 42.8 Å². The third kappa shape index (κ3) is 3.71. The lowest BCUT2D eigenvalue weighted by atomic mass is 10.2. The number of amides is 1. The predicted molar refractivity (Wildman–Crippen MR) is 109 cm³/mol. The van der Waals surface area contributed by atoms with Crippen molar-refractivity contribution in [2.45, 2.75) is 18.7 Å². The summed E-state index contributed by atoms with van der Waals surface area (Å²) in [6.45, 7) is 3.03. The summed E-state index contributed by atoms with van der Waals surface area (Å²) in [5.41, 5.74) is 0.401. The molecule has 1 N–H and O–H groups in total. The van der Waals surface area contributed by atoms with Gasteiger partial charge in [-0.25, -0.2) is 21.1 Å². The van der Waals surface area contributed by atoms with Crippen molar-refractivity contribution in [3.05, 3.63) is 52.0 Å². The second kappa shape index (κ2) is 7.22. The smallest absolute Gasteiger partial charge is 0.262 e. The van der Waals surface area contributed by atoms with Crippen LogP contribution in [0.5, 0.6) is 0 Å². The van der Waals surface area contributed by atoms with E-state index in [4.69, 9.17) is 23.2 Å². The molecule has 1 atom stereocenters. The minimum atomic E-state index is -4.05. The third-order valence-corrected chi connectivity index (χ3v) is 8.25. The molecule has 0 bridgehead atoms. The van der Waals surface area contributed by atoms with Gasteiger partial charge < -0.3 is 0 Å². The van der Waals surface area contributed by atoms with E-state index in [1.165, 1.54) is 44.2 Å². The summed E-state index contributed by atoms with van der Waals surface area (Å²) in [6, 6.07) is 8.43. The van der Waals surface area contributed by atoms with Gasteiger partial charge in [0.25, 0.3) is 10.0 Å². The van der Waals surface area contributed by atoms with E-state index < -0.39 is 31.9 Å². The fourth-order valence-corrected chi connectivity index (χ4v) is 6.68. The first-order chi connectivity index (χ1) is 12.9. The third-order valence-electron chi connectivity index (χ3n) is 4.24. The molecule has 0 radical (unpaired) electrons. The van der Waals surface area contributed by atoms with Crippen molar-refractivity contribution < 1.29 is 21.6 Å². The van der Waals surface area contributed by atoms with Crippen LogP contribution in [0.25, 0.3) is 0 Å². The van der Waals surface area contributed by atoms with E-state index in [-0.39, 0.29) is 37.6 Å². The Morgan fingerprint density at radius 1 is 1.14 bits per heavy atom. The van der Waals surface area contributed by atoms with E-state index in [1.54, 1.807) is 6.07 Å². The lowest BCUT2D eigenvalue weighted by molar-refractivity contribution is -0.119. The Bertz CT molecular complexity index is 1160. The van der Waals surface area contributed by atoms with Crippen LogP contribution in [-0.4, -0.2) is 28.5 Å². The van der Waals surface area contributed by atoms with Crippen LogP contribution in [0.3, 0.4) is 0 Å². The molecule has 2 aromatic rings. The maximum absolute atomic E-state index is 12.8. The number of hydrogen-bond donors (Lipinski definition) is 1. The number of benzene rings is 2. The molecule has 3 rings (SSSR count). The Kier molecular flexibility index (Phi) is 5.39. The zero-order valence-electron chi connectivity index (χ0n) is 14.8. The van der Waals surface area contributed by atoms with Crippen LogP contribution in [-0.2, 0) is 24.8 Å². The van der Waals surface area contributed by atoms with E-state index in [2.05, 4.69) is 4.72 Å². The van der Waals surface area contributed by atoms with Crippen molar-refractivity contribution in [1.82, 2.24) is 0 Å². The lowest BCUT2D eigenvalue weighted by Gasteiger charge is -2.18. The molecule has 0 spiro atoms. The minimum Gasteiger partial charge on any atom is -0.277 e. The maximum Gasteiger partial charge on any atom is 0.262 e. The number of sulfonamides is 2. The molecule has 1 saturated heterocycles. The molecule has 2 aromatic carbocycles. The standard InChI is InChI=1S/C17H16Cl2N2O5S2/c1-10-8-12(21-17(22)11(2)9-27(21,23)24)6-7-15(10)28(25,26)20-16-13(18)4-3-5-14(16)19/h3-8,11,20H,9H2,1-2H3. The fourth-order valence-electron chi connectivity index (χ4n) is 2.93. The largest absolute Gasteiger partial charge is 0.277 e. The van der Waals surface area contributed by atoms with Crippen LogP contribution in [0.1, 0.15) is 12.5 Å². The van der Waals surface area contributed by atoms with Gasteiger partial charge in [-0.3, -0.25) is 9.52 Å². The van der Waals surface area contributed by atoms with Crippen LogP contribution in [0.4, 0.5) is 11.4 Å². The molecule has 7 nitrogen and oxygen atoms in total. The Morgan fingerprint density at radius 2 is 1.75 bits per heavy atom. The average molecular weight is 463 g/mol. The number of carbonyl (C=O) groups is 1. The molecule has 28 heavy (non-hydrogen) atoms. The van der Waals surface area contributed by atoms with Gasteiger partial charge in [0.1, 0.15) is 0 Å². The monoisotopic (exact) mass is 462 g/mol. The number of nitrogens with zero attached hydrogens (tertiary/aromatic N) is 1. The number of aryl methyl sites for hydroxylation is 1. The van der Waals surface area contributed by atoms with Crippen molar-refractivity contribution in [1.29, 1.82) is 0 Å². The van der Waals surface area contributed by atoms with Crippen molar-refractivity contribution in [3.63, 3.8) is 0 Å². The average Bonchev–Trinajstić information content (AvgIpc) is 2.78. The van der Waals surface area contributed by atoms with Gasteiger partial charge in [-0.15, -0.1) is 0 Å². The summed E-state index contributed by atoms with van der Waals surface area (Å²) in [4.78, 5) is 12.1. The molecule has 150 valence electrons. The zero-order valence-corrected chi connectivity index (χ0v) is 18.0. The number of nitrogens with one attached hydrogen (secondary N) is 1. The molecule has 0 aliphatic carbocycles. The molecular weight excluding hydrogens is 447 g/mol. The van der Waals surface area contributed by atoms with E-state index in [9.17, 15) is 21.6 Å². The van der Waals surface area contributed by atoms with Gasteiger partial charge in [0.15, 0.2) is 0 Å². The number of rotatable bonds is 4. The van der Waals surface area contributed by atoms with Crippen molar-refractivity contribution in [3.8, 4) is 0 Å². The number of hydrogen-bond acceptors (Lipinski definition) is 5. The van der Waals surface area contributed by atoms with Gasteiger partial charge in [0.2, 0.25) is 15.9 Å². The second-order valence-corrected chi connectivity index (χ2v) is 10.8. The van der Waals surface area contributed by atoms with E-state index in [1.807, 2.05) is 0 Å². The molecular formula is C17H16Cl2N2O5S2. The highest BCUT2D eigenvalue weighted by molar-refractivity contribution is 7.94. The number of para-hydroxylation sites is 1. The molecule has 1 fully saturated rings.